The Kier molecular flexibility index (Phi) is 4.19. The highest BCUT2D eigenvalue weighted by atomic mass is 16.3. The zero-order valence-electron chi connectivity index (χ0n) is 10.6. The molecule has 0 aliphatic rings. The number of allylic oxidation sites excluding steroid dienone is 1. The lowest BCUT2D eigenvalue weighted by Crippen LogP contribution is -2.48. The van der Waals surface area contributed by atoms with Crippen molar-refractivity contribution in [2.24, 2.45) is 5.41 Å². The smallest absolute Gasteiger partial charge is 0.0286 e. The van der Waals surface area contributed by atoms with Crippen LogP contribution < -0.4 is 10.4 Å². The van der Waals surface area contributed by atoms with Gasteiger partial charge in [-0.05, 0) is 38.8 Å². The fraction of sp³-hybridized carbons (Fsp3) is 0.833. The summed E-state index contributed by atoms with van der Waals surface area (Å²) in [5, 5.41) is 15.3. The summed E-state index contributed by atoms with van der Waals surface area (Å²) in [4.78, 5) is 0. The van der Waals surface area contributed by atoms with E-state index in [0.29, 0.717) is 0 Å². The SMILES string of the molecule is C/C=C(/NC(C)(C)C)C([O-])C(C)(C)C. The highest BCUT2D eigenvalue weighted by Gasteiger charge is 2.20. The summed E-state index contributed by atoms with van der Waals surface area (Å²) in [5.74, 6) is 0. The standard InChI is InChI=1S/C12H24NO/c1-8-9(13-12(5,6)7)10(14)11(2,3)4/h8,10,13H,1-7H3/q-1/b9-8+. The Morgan fingerprint density at radius 3 is 1.79 bits per heavy atom. The van der Waals surface area contributed by atoms with E-state index in [9.17, 15) is 5.11 Å². The van der Waals surface area contributed by atoms with Gasteiger partial charge in [0.25, 0.3) is 0 Å². The number of hydrogen-bond acceptors (Lipinski definition) is 2. The molecule has 0 amide bonds. The molecule has 2 heteroatoms. The first-order chi connectivity index (χ1) is 6.08. The molecule has 1 unspecified atom stereocenters. The van der Waals surface area contributed by atoms with Gasteiger partial charge in [0.15, 0.2) is 0 Å². The van der Waals surface area contributed by atoms with Gasteiger partial charge < -0.3 is 10.4 Å². The number of hydrogen-bond donors (Lipinski definition) is 1. The lowest BCUT2D eigenvalue weighted by atomic mass is 9.86. The van der Waals surface area contributed by atoms with Crippen LogP contribution in [0.1, 0.15) is 48.5 Å². The second kappa shape index (κ2) is 4.35. The van der Waals surface area contributed by atoms with Gasteiger partial charge in [0.05, 0.1) is 0 Å². The minimum Gasteiger partial charge on any atom is -0.847 e. The first-order valence-corrected chi connectivity index (χ1v) is 5.18. The van der Waals surface area contributed by atoms with Gasteiger partial charge in [0.2, 0.25) is 0 Å². The molecule has 2 nitrogen and oxygen atoms in total. The monoisotopic (exact) mass is 198 g/mol. The zero-order valence-corrected chi connectivity index (χ0v) is 10.6. The van der Waals surface area contributed by atoms with Gasteiger partial charge in [-0.3, -0.25) is 0 Å². The van der Waals surface area contributed by atoms with E-state index in [1.807, 2.05) is 33.8 Å². The van der Waals surface area contributed by atoms with Crippen molar-refractivity contribution in [2.45, 2.75) is 60.1 Å². The molecule has 1 atom stereocenters. The highest BCUT2D eigenvalue weighted by Crippen LogP contribution is 2.22. The average molecular weight is 198 g/mol. The van der Waals surface area contributed by atoms with Crippen LogP contribution in [0.15, 0.2) is 11.8 Å². The van der Waals surface area contributed by atoms with Crippen LogP contribution in [0.5, 0.6) is 0 Å². The normalized spacial score (nSPS) is 16.7. The van der Waals surface area contributed by atoms with Crippen molar-refractivity contribution in [1.29, 1.82) is 0 Å². The third-order valence-corrected chi connectivity index (χ3v) is 1.90. The Bertz CT molecular complexity index is 205. The summed E-state index contributed by atoms with van der Waals surface area (Å²) in [5.41, 5.74) is 0.514. The van der Waals surface area contributed by atoms with Crippen molar-refractivity contribution >= 4 is 0 Å². The first-order valence-electron chi connectivity index (χ1n) is 5.18. The van der Waals surface area contributed by atoms with Crippen LogP contribution in [-0.4, -0.2) is 11.6 Å². The van der Waals surface area contributed by atoms with Gasteiger partial charge >= 0.3 is 0 Å². The van der Waals surface area contributed by atoms with Crippen LogP contribution in [0.25, 0.3) is 0 Å². The molecular formula is C12H24NO-. The lowest BCUT2D eigenvalue weighted by Gasteiger charge is -2.41. The van der Waals surface area contributed by atoms with E-state index in [0.717, 1.165) is 5.70 Å². The highest BCUT2D eigenvalue weighted by molar-refractivity contribution is 5.09. The molecule has 0 spiro atoms. The van der Waals surface area contributed by atoms with E-state index in [1.54, 1.807) is 0 Å². The van der Waals surface area contributed by atoms with Gasteiger partial charge in [0.1, 0.15) is 0 Å². The van der Waals surface area contributed by atoms with Crippen LogP contribution in [0.3, 0.4) is 0 Å². The molecule has 0 bridgehead atoms. The molecule has 14 heavy (non-hydrogen) atoms. The summed E-state index contributed by atoms with van der Waals surface area (Å²) in [7, 11) is 0. The summed E-state index contributed by atoms with van der Waals surface area (Å²) in [6.45, 7) is 14.0. The summed E-state index contributed by atoms with van der Waals surface area (Å²) in [6.07, 6.45) is 1.19. The van der Waals surface area contributed by atoms with Crippen molar-refractivity contribution in [3.63, 3.8) is 0 Å². The molecule has 0 rings (SSSR count). The third-order valence-electron chi connectivity index (χ3n) is 1.90. The zero-order chi connectivity index (χ0) is 11.6. The Morgan fingerprint density at radius 1 is 1.14 bits per heavy atom. The van der Waals surface area contributed by atoms with E-state index in [1.165, 1.54) is 0 Å². The van der Waals surface area contributed by atoms with Gasteiger partial charge in [0, 0.05) is 5.54 Å². The minimum absolute atomic E-state index is 0.0459. The van der Waals surface area contributed by atoms with Gasteiger partial charge in [-0.25, -0.2) is 0 Å². The Labute approximate surface area is 88.4 Å². The lowest BCUT2D eigenvalue weighted by molar-refractivity contribution is -0.431. The first kappa shape index (κ1) is 13.5. The molecular weight excluding hydrogens is 174 g/mol. The number of nitrogens with one attached hydrogen (secondary N) is 1. The van der Waals surface area contributed by atoms with Gasteiger partial charge in [-0.15, -0.1) is 0 Å². The molecule has 0 aromatic rings. The predicted molar refractivity (Wildman–Crippen MR) is 59.9 cm³/mol. The van der Waals surface area contributed by atoms with Crippen LogP contribution in [0, 0.1) is 5.41 Å². The summed E-state index contributed by atoms with van der Waals surface area (Å²) >= 11 is 0. The molecule has 0 aromatic carbocycles. The molecule has 0 saturated carbocycles. The molecule has 0 heterocycles. The summed E-state index contributed by atoms with van der Waals surface area (Å²) in [6, 6.07) is 0. The Balaban J connectivity index is 4.62. The average Bonchev–Trinajstić information content (AvgIpc) is 1.95. The maximum Gasteiger partial charge on any atom is 0.0286 e. The van der Waals surface area contributed by atoms with Crippen LogP contribution in [0.4, 0.5) is 0 Å². The van der Waals surface area contributed by atoms with Gasteiger partial charge in [-0.1, -0.05) is 33.0 Å². The number of rotatable bonds is 2. The topological polar surface area (TPSA) is 35.1 Å². The quantitative estimate of drug-likeness (QED) is 0.737. The second-order valence-electron chi connectivity index (χ2n) is 5.87. The molecule has 84 valence electrons. The second-order valence-corrected chi connectivity index (χ2v) is 5.87. The predicted octanol–water partition coefficient (Wildman–Crippen LogP) is 2.05. The van der Waals surface area contributed by atoms with Crippen LogP contribution in [-0.2, 0) is 0 Å². The molecule has 0 radical (unpaired) electrons. The Hall–Kier alpha value is -0.500. The van der Waals surface area contributed by atoms with E-state index in [2.05, 4.69) is 26.1 Å². The van der Waals surface area contributed by atoms with Crippen molar-refractivity contribution in [3.05, 3.63) is 11.8 Å². The van der Waals surface area contributed by atoms with E-state index >= 15 is 0 Å². The summed E-state index contributed by atoms with van der Waals surface area (Å²) < 4.78 is 0. The molecule has 0 aromatic heterocycles. The molecule has 0 fully saturated rings. The van der Waals surface area contributed by atoms with Crippen molar-refractivity contribution in [1.82, 2.24) is 5.32 Å². The fourth-order valence-corrected chi connectivity index (χ4v) is 1.19. The van der Waals surface area contributed by atoms with Crippen LogP contribution >= 0.6 is 0 Å². The largest absolute Gasteiger partial charge is 0.847 e. The minimum atomic E-state index is -0.688. The van der Waals surface area contributed by atoms with Gasteiger partial charge in [-0.2, -0.15) is 0 Å². The Morgan fingerprint density at radius 2 is 1.57 bits per heavy atom. The third kappa shape index (κ3) is 4.66. The fourth-order valence-electron chi connectivity index (χ4n) is 1.19. The molecule has 0 aliphatic heterocycles. The van der Waals surface area contributed by atoms with Crippen molar-refractivity contribution in [3.8, 4) is 0 Å². The maximum absolute atomic E-state index is 12.0. The molecule has 0 aliphatic carbocycles. The molecule has 1 N–H and O–H groups in total. The van der Waals surface area contributed by atoms with E-state index < -0.39 is 6.10 Å². The van der Waals surface area contributed by atoms with Crippen molar-refractivity contribution < 1.29 is 5.11 Å². The van der Waals surface area contributed by atoms with Crippen LogP contribution in [0.2, 0.25) is 0 Å². The molecule has 0 saturated heterocycles. The van der Waals surface area contributed by atoms with E-state index in [4.69, 9.17) is 0 Å². The van der Waals surface area contributed by atoms with Crippen molar-refractivity contribution in [2.75, 3.05) is 0 Å². The van der Waals surface area contributed by atoms with E-state index in [-0.39, 0.29) is 11.0 Å². The maximum atomic E-state index is 12.0.